The number of nitriles is 1. The summed E-state index contributed by atoms with van der Waals surface area (Å²) in [4.78, 5) is 0. The van der Waals surface area contributed by atoms with Crippen LogP contribution in [0.15, 0.2) is 65.7 Å². The third-order valence-electron chi connectivity index (χ3n) is 2.64. The normalized spacial score (nSPS) is 11.4. The molecular weight excluding hydrogens is 252 g/mol. The van der Waals surface area contributed by atoms with Crippen LogP contribution < -0.4 is 5.32 Å². The number of anilines is 1. The highest BCUT2D eigenvalue weighted by atomic mass is 32.2. The summed E-state index contributed by atoms with van der Waals surface area (Å²) in [5.41, 5.74) is 2.57. The maximum atomic E-state index is 9.40. The van der Waals surface area contributed by atoms with Gasteiger partial charge in [-0.25, -0.2) is 0 Å². The molecule has 0 amide bonds. The van der Waals surface area contributed by atoms with Gasteiger partial charge in [-0.1, -0.05) is 48.5 Å². The first-order valence-corrected chi connectivity index (χ1v) is 7.13. The summed E-state index contributed by atoms with van der Waals surface area (Å²) in [5, 5.41) is 13.6. The van der Waals surface area contributed by atoms with Crippen molar-refractivity contribution in [1.29, 1.82) is 5.26 Å². The average Bonchev–Trinajstić information content (AvgIpc) is 2.49. The van der Waals surface area contributed by atoms with Gasteiger partial charge in [0.2, 0.25) is 0 Å². The van der Waals surface area contributed by atoms with E-state index in [1.165, 1.54) is 11.8 Å². The highest BCUT2D eigenvalue weighted by molar-refractivity contribution is 8.02. The molecule has 0 aliphatic carbocycles. The molecule has 0 spiro atoms. The molecule has 2 aromatic rings. The largest absolute Gasteiger partial charge is 0.349 e. The van der Waals surface area contributed by atoms with Crippen molar-refractivity contribution in [3.8, 4) is 6.07 Å². The molecule has 1 N–H and O–H groups in total. The molecule has 0 saturated carbocycles. The molecule has 0 aliphatic rings. The predicted octanol–water partition coefficient (Wildman–Crippen LogP) is 4.35. The van der Waals surface area contributed by atoms with E-state index in [1.54, 1.807) is 0 Å². The smallest absolute Gasteiger partial charge is 0.103 e. The zero-order chi connectivity index (χ0) is 13.5. The van der Waals surface area contributed by atoms with Gasteiger partial charge in [0.25, 0.3) is 0 Å². The summed E-state index contributed by atoms with van der Waals surface area (Å²) < 4.78 is 0. The lowest BCUT2D eigenvalue weighted by Gasteiger charge is -2.11. The molecule has 3 heteroatoms. The standard InChI is InChI=1S/C16H14N2S/c1-19-16(18-14-10-6-3-7-11-14)15(12-17)13-8-4-2-5-9-13/h2-11,18H,1H3/b16-15+. The van der Waals surface area contributed by atoms with Gasteiger partial charge in [-0.2, -0.15) is 5.26 Å². The summed E-state index contributed by atoms with van der Waals surface area (Å²) >= 11 is 1.54. The van der Waals surface area contributed by atoms with Gasteiger partial charge in [-0.05, 0) is 24.0 Å². The van der Waals surface area contributed by atoms with Crippen molar-refractivity contribution >= 4 is 23.0 Å². The van der Waals surface area contributed by atoms with Crippen LogP contribution in [0.1, 0.15) is 5.56 Å². The number of benzene rings is 2. The first-order chi connectivity index (χ1) is 9.35. The summed E-state index contributed by atoms with van der Waals surface area (Å²) in [6.45, 7) is 0. The van der Waals surface area contributed by atoms with Crippen LogP contribution in [0.4, 0.5) is 5.69 Å². The number of hydrogen-bond donors (Lipinski definition) is 1. The Morgan fingerprint density at radius 1 is 1.00 bits per heavy atom. The van der Waals surface area contributed by atoms with Gasteiger partial charge < -0.3 is 5.32 Å². The van der Waals surface area contributed by atoms with Gasteiger partial charge in [0.1, 0.15) is 6.07 Å². The third kappa shape index (κ3) is 3.40. The molecule has 19 heavy (non-hydrogen) atoms. The number of rotatable bonds is 4. The van der Waals surface area contributed by atoms with Crippen LogP contribution in [-0.4, -0.2) is 6.26 Å². The second-order valence-electron chi connectivity index (χ2n) is 3.88. The quantitative estimate of drug-likeness (QED) is 0.835. The van der Waals surface area contributed by atoms with Gasteiger partial charge in [0, 0.05) is 5.69 Å². The van der Waals surface area contributed by atoms with Crippen molar-refractivity contribution in [1.82, 2.24) is 0 Å². The monoisotopic (exact) mass is 266 g/mol. The SMILES string of the molecule is CS/C(Nc1ccccc1)=C(\C#N)c1ccccc1. The van der Waals surface area contributed by atoms with Crippen molar-refractivity contribution in [3.63, 3.8) is 0 Å². The third-order valence-corrected chi connectivity index (χ3v) is 3.35. The first kappa shape index (κ1) is 13.3. The maximum absolute atomic E-state index is 9.40. The molecule has 2 nitrogen and oxygen atoms in total. The van der Waals surface area contributed by atoms with Crippen LogP contribution in [0.25, 0.3) is 5.57 Å². The van der Waals surface area contributed by atoms with Gasteiger partial charge in [0.05, 0.1) is 10.6 Å². The molecule has 0 aliphatic heterocycles. The summed E-state index contributed by atoms with van der Waals surface area (Å²) in [6.07, 6.45) is 1.96. The van der Waals surface area contributed by atoms with Crippen molar-refractivity contribution in [3.05, 3.63) is 71.3 Å². The molecule has 0 heterocycles. The number of hydrogen-bond acceptors (Lipinski definition) is 3. The molecule has 0 bridgehead atoms. The molecular formula is C16H14N2S. The van der Waals surface area contributed by atoms with Crippen LogP contribution in [0.5, 0.6) is 0 Å². The summed E-state index contributed by atoms with van der Waals surface area (Å²) in [5.74, 6) is 0. The summed E-state index contributed by atoms with van der Waals surface area (Å²) in [7, 11) is 0. The maximum Gasteiger partial charge on any atom is 0.103 e. The topological polar surface area (TPSA) is 35.8 Å². The van der Waals surface area contributed by atoms with Crippen molar-refractivity contribution < 1.29 is 0 Å². The lowest BCUT2D eigenvalue weighted by atomic mass is 10.1. The van der Waals surface area contributed by atoms with Crippen LogP contribution >= 0.6 is 11.8 Å². The lowest BCUT2D eigenvalue weighted by Crippen LogP contribution is -1.99. The fourth-order valence-corrected chi connectivity index (χ4v) is 2.31. The second-order valence-corrected chi connectivity index (χ2v) is 4.69. The molecule has 0 saturated heterocycles. The van der Waals surface area contributed by atoms with Crippen LogP contribution in [0.3, 0.4) is 0 Å². The van der Waals surface area contributed by atoms with Crippen molar-refractivity contribution in [2.24, 2.45) is 0 Å². The van der Waals surface area contributed by atoms with E-state index in [2.05, 4.69) is 11.4 Å². The predicted molar refractivity (Wildman–Crippen MR) is 82.6 cm³/mol. The molecule has 0 atom stereocenters. The molecule has 0 fully saturated rings. The van der Waals surface area contributed by atoms with Crippen molar-refractivity contribution in [2.45, 2.75) is 0 Å². The number of nitrogens with zero attached hydrogens (tertiary/aromatic N) is 1. The Kier molecular flexibility index (Phi) is 4.66. The summed E-state index contributed by atoms with van der Waals surface area (Å²) in [6, 6.07) is 21.9. The fraction of sp³-hybridized carbons (Fsp3) is 0.0625. The zero-order valence-corrected chi connectivity index (χ0v) is 11.4. The highest BCUT2D eigenvalue weighted by Crippen LogP contribution is 2.26. The zero-order valence-electron chi connectivity index (χ0n) is 10.6. The fourth-order valence-electron chi connectivity index (χ4n) is 1.72. The van der Waals surface area contributed by atoms with E-state index in [4.69, 9.17) is 0 Å². The van der Waals surface area contributed by atoms with Gasteiger partial charge in [-0.3, -0.25) is 0 Å². The number of allylic oxidation sites excluding steroid dienone is 1. The van der Waals surface area contributed by atoms with E-state index >= 15 is 0 Å². The van der Waals surface area contributed by atoms with E-state index in [9.17, 15) is 5.26 Å². The number of para-hydroxylation sites is 1. The van der Waals surface area contributed by atoms with Crippen molar-refractivity contribution in [2.75, 3.05) is 11.6 Å². The van der Waals surface area contributed by atoms with Gasteiger partial charge in [0.15, 0.2) is 0 Å². The average molecular weight is 266 g/mol. The second kappa shape index (κ2) is 6.67. The van der Waals surface area contributed by atoms with Gasteiger partial charge >= 0.3 is 0 Å². The number of thioether (sulfide) groups is 1. The van der Waals surface area contributed by atoms with Crippen LogP contribution in [0, 0.1) is 11.3 Å². The Hall–Kier alpha value is -2.18. The molecule has 0 radical (unpaired) electrons. The highest BCUT2D eigenvalue weighted by Gasteiger charge is 2.08. The Bertz CT molecular complexity index is 598. The van der Waals surface area contributed by atoms with E-state index in [0.717, 1.165) is 16.3 Å². The van der Waals surface area contributed by atoms with E-state index in [0.29, 0.717) is 5.57 Å². The minimum atomic E-state index is 0.664. The van der Waals surface area contributed by atoms with E-state index in [-0.39, 0.29) is 0 Å². The Labute approximate surface area is 117 Å². The molecule has 2 rings (SSSR count). The van der Waals surface area contributed by atoms with E-state index < -0.39 is 0 Å². The molecule has 0 aromatic heterocycles. The lowest BCUT2D eigenvalue weighted by molar-refractivity contribution is 1.49. The first-order valence-electron chi connectivity index (χ1n) is 5.91. The Morgan fingerprint density at radius 2 is 1.58 bits per heavy atom. The van der Waals surface area contributed by atoms with Gasteiger partial charge in [-0.15, -0.1) is 11.8 Å². The minimum Gasteiger partial charge on any atom is -0.349 e. The Morgan fingerprint density at radius 3 is 2.11 bits per heavy atom. The number of nitrogens with one attached hydrogen (secondary N) is 1. The van der Waals surface area contributed by atoms with E-state index in [1.807, 2.05) is 66.9 Å². The Balaban J connectivity index is 2.38. The molecule has 0 unspecified atom stereocenters. The molecule has 2 aromatic carbocycles. The molecule has 94 valence electrons. The minimum absolute atomic E-state index is 0.664. The van der Waals surface area contributed by atoms with Crippen LogP contribution in [-0.2, 0) is 0 Å². The van der Waals surface area contributed by atoms with Crippen LogP contribution in [0.2, 0.25) is 0 Å².